The Balaban J connectivity index is 2.08. The zero-order valence-corrected chi connectivity index (χ0v) is 14.3. The molecule has 0 bridgehead atoms. The van der Waals surface area contributed by atoms with Crippen LogP contribution in [0.5, 0.6) is 5.75 Å². The average molecular weight is 340 g/mol. The van der Waals surface area contributed by atoms with Crippen molar-refractivity contribution in [1.29, 1.82) is 0 Å². The summed E-state index contributed by atoms with van der Waals surface area (Å²) in [5.74, 6) is -1.11. The molecule has 23 heavy (non-hydrogen) atoms. The molecule has 1 aromatic carbocycles. The number of hydrogen-bond acceptors (Lipinski definition) is 3. The summed E-state index contributed by atoms with van der Waals surface area (Å²) in [6.07, 6.45) is 0.559. The molecule has 0 radical (unpaired) electrons. The topological polar surface area (TPSA) is 66.8 Å². The van der Waals surface area contributed by atoms with Crippen molar-refractivity contribution in [2.24, 2.45) is 5.92 Å². The number of carboxylic acid groups (broad SMARTS) is 1. The van der Waals surface area contributed by atoms with Crippen LogP contribution in [0.25, 0.3) is 0 Å². The number of piperidine rings is 1. The van der Waals surface area contributed by atoms with Gasteiger partial charge in [0.05, 0.1) is 10.9 Å². The van der Waals surface area contributed by atoms with E-state index in [1.807, 2.05) is 19.9 Å². The van der Waals surface area contributed by atoms with Crippen molar-refractivity contribution in [3.05, 3.63) is 28.8 Å². The Morgan fingerprint density at radius 2 is 2.09 bits per heavy atom. The second-order valence-electron chi connectivity index (χ2n) is 6.15. The van der Waals surface area contributed by atoms with Crippen molar-refractivity contribution in [2.45, 2.75) is 45.8 Å². The Morgan fingerprint density at radius 3 is 2.74 bits per heavy atom. The van der Waals surface area contributed by atoms with Gasteiger partial charge in [0.1, 0.15) is 5.75 Å². The van der Waals surface area contributed by atoms with E-state index >= 15 is 0 Å². The number of benzene rings is 1. The summed E-state index contributed by atoms with van der Waals surface area (Å²) in [4.78, 5) is 25.4. The maximum Gasteiger partial charge on any atom is 0.308 e. The predicted molar refractivity (Wildman–Crippen MR) is 87.8 cm³/mol. The van der Waals surface area contributed by atoms with E-state index in [0.29, 0.717) is 23.6 Å². The molecule has 1 fully saturated rings. The second-order valence-corrected chi connectivity index (χ2v) is 6.55. The normalized spacial score (nSPS) is 22.5. The number of halogens is 1. The fourth-order valence-corrected chi connectivity index (χ4v) is 2.95. The van der Waals surface area contributed by atoms with Crippen LogP contribution in [-0.2, 0) is 9.59 Å². The summed E-state index contributed by atoms with van der Waals surface area (Å²) in [6, 6.07) is 5.39. The van der Waals surface area contributed by atoms with Gasteiger partial charge in [0, 0.05) is 12.6 Å². The molecule has 0 spiro atoms. The summed E-state index contributed by atoms with van der Waals surface area (Å²) in [6.45, 7) is 5.74. The van der Waals surface area contributed by atoms with Crippen LogP contribution < -0.4 is 4.74 Å². The molecule has 1 aliphatic rings. The highest BCUT2D eigenvalue weighted by atomic mass is 35.5. The first kappa shape index (κ1) is 17.6. The van der Waals surface area contributed by atoms with Gasteiger partial charge in [-0.1, -0.05) is 17.7 Å². The third-order valence-corrected chi connectivity index (χ3v) is 4.56. The number of ether oxygens (including phenoxy) is 1. The lowest BCUT2D eigenvalue weighted by atomic mass is 9.93. The van der Waals surface area contributed by atoms with Gasteiger partial charge in [-0.2, -0.15) is 0 Å². The third kappa shape index (κ3) is 4.16. The Bertz CT molecular complexity index is 604. The van der Waals surface area contributed by atoms with Crippen molar-refractivity contribution in [1.82, 2.24) is 4.90 Å². The van der Waals surface area contributed by atoms with Gasteiger partial charge < -0.3 is 14.7 Å². The number of amides is 1. The highest BCUT2D eigenvalue weighted by Crippen LogP contribution is 2.28. The molecule has 0 saturated carbocycles. The standard InChI is InChI=1S/C17H22ClNO4/c1-10-4-7-14(18)15(8-10)23-12(3)16(20)19-9-13(17(21)22)6-5-11(19)2/h4,7-8,11-13H,5-6,9H2,1-3H3,(H,21,22). The summed E-state index contributed by atoms with van der Waals surface area (Å²) in [5.41, 5.74) is 0.987. The van der Waals surface area contributed by atoms with E-state index in [4.69, 9.17) is 16.3 Å². The molecular formula is C17H22ClNO4. The van der Waals surface area contributed by atoms with Gasteiger partial charge in [0.25, 0.3) is 5.91 Å². The van der Waals surface area contributed by atoms with Gasteiger partial charge in [-0.3, -0.25) is 9.59 Å². The van der Waals surface area contributed by atoms with Crippen molar-refractivity contribution in [3.8, 4) is 5.75 Å². The first-order valence-electron chi connectivity index (χ1n) is 7.75. The summed E-state index contributed by atoms with van der Waals surface area (Å²) < 4.78 is 5.71. The maximum absolute atomic E-state index is 12.6. The zero-order chi connectivity index (χ0) is 17.1. The van der Waals surface area contributed by atoms with Crippen molar-refractivity contribution < 1.29 is 19.4 Å². The molecule has 1 aromatic rings. The summed E-state index contributed by atoms with van der Waals surface area (Å²) in [5, 5.41) is 9.63. The molecule has 1 amide bonds. The first-order valence-corrected chi connectivity index (χ1v) is 8.13. The molecule has 1 N–H and O–H groups in total. The van der Waals surface area contributed by atoms with Gasteiger partial charge in [-0.05, 0) is 51.3 Å². The van der Waals surface area contributed by atoms with E-state index in [-0.39, 0.29) is 18.5 Å². The molecule has 3 atom stereocenters. The average Bonchev–Trinajstić information content (AvgIpc) is 2.50. The number of hydrogen-bond donors (Lipinski definition) is 1. The fraction of sp³-hybridized carbons (Fsp3) is 0.529. The number of aliphatic carboxylic acids is 1. The minimum atomic E-state index is -0.856. The monoisotopic (exact) mass is 339 g/mol. The highest BCUT2D eigenvalue weighted by molar-refractivity contribution is 6.32. The third-order valence-electron chi connectivity index (χ3n) is 4.25. The van der Waals surface area contributed by atoms with Crippen LogP contribution in [0.4, 0.5) is 0 Å². The van der Waals surface area contributed by atoms with Gasteiger partial charge in [-0.15, -0.1) is 0 Å². The van der Waals surface area contributed by atoms with E-state index in [9.17, 15) is 14.7 Å². The van der Waals surface area contributed by atoms with Crippen LogP contribution >= 0.6 is 11.6 Å². The van der Waals surface area contributed by atoms with Crippen molar-refractivity contribution in [3.63, 3.8) is 0 Å². The Kier molecular flexibility index (Phi) is 5.52. The van der Waals surface area contributed by atoms with Crippen LogP contribution in [0.15, 0.2) is 18.2 Å². The minimum Gasteiger partial charge on any atom is -0.481 e. The number of carbonyl (C=O) groups excluding carboxylic acids is 1. The number of carbonyl (C=O) groups is 2. The van der Waals surface area contributed by atoms with E-state index in [1.54, 1.807) is 24.0 Å². The molecule has 1 heterocycles. The smallest absolute Gasteiger partial charge is 0.308 e. The van der Waals surface area contributed by atoms with E-state index in [1.165, 1.54) is 0 Å². The molecule has 3 unspecified atom stereocenters. The van der Waals surface area contributed by atoms with Gasteiger partial charge >= 0.3 is 5.97 Å². The maximum atomic E-state index is 12.6. The minimum absolute atomic E-state index is 0.0112. The quantitative estimate of drug-likeness (QED) is 0.915. The molecular weight excluding hydrogens is 318 g/mol. The van der Waals surface area contributed by atoms with Crippen LogP contribution in [0.1, 0.15) is 32.3 Å². The molecule has 0 aromatic heterocycles. The first-order chi connectivity index (χ1) is 10.8. The number of aryl methyl sites for hydroxylation is 1. The fourth-order valence-electron chi connectivity index (χ4n) is 2.79. The lowest BCUT2D eigenvalue weighted by Crippen LogP contribution is -2.51. The molecule has 1 aliphatic heterocycles. The molecule has 2 rings (SSSR count). The van der Waals surface area contributed by atoms with Gasteiger partial charge in [0.15, 0.2) is 6.10 Å². The molecule has 5 nitrogen and oxygen atoms in total. The van der Waals surface area contributed by atoms with E-state index < -0.39 is 18.0 Å². The van der Waals surface area contributed by atoms with Crippen LogP contribution in [-0.4, -0.2) is 40.6 Å². The highest BCUT2D eigenvalue weighted by Gasteiger charge is 2.35. The molecule has 0 aliphatic carbocycles. The Morgan fingerprint density at radius 1 is 1.39 bits per heavy atom. The predicted octanol–water partition coefficient (Wildman–Crippen LogP) is 3.13. The summed E-state index contributed by atoms with van der Waals surface area (Å²) >= 11 is 6.10. The van der Waals surface area contributed by atoms with E-state index in [0.717, 1.165) is 5.56 Å². The van der Waals surface area contributed by atoms with Crippen molar-refractivity contribution >= 4 is 23.5 Å². The lowest BCUT2D eigenvalue weighted by Gasteiger charge is -2.37. The van der Waals surface area contributed by atoms with Gasteiger partial charge in [0.2, 0.25) is 0 Å². The van der Waals surface area contributed by atoms with Crippen LogP contribution in [0.2, 0.25) is 5.02 Å². The van der Waals surface area contributed by atoms with E-state index in [2.05, 4.69) is 0 Å². The van der Waals surface area contributed by atoms with Crippen LogP contribution in [0, 0.1) is 12.8 Å². The molecule has 126 valence electrons. The Hall–Kier alpha value is -1.75. The summed E-state index contributed by atoms with van der Waals surface area (Å²) in [7, 11) is 0. The SMILES string of the molecule is Cc1ccc(Cl)c(OC(C)C(=O)N2CC(C(=O)O)CCC2C)c1. The number of rotatable bonds is 4. The number of nitrogens with zero attached hydrogens (tertiary/aromatic N) is 1. The second kappa shape index (κ2) is 7.21. The number of carboxylic acids is 1. The van der Waals surface area contributed by atoms with Crippen LogP contribution in [0.3, 0.4) is 0 Å². The zero-order valence-electron chi connectivity index (χ0n) is 13.6. The largest absolute Gasteiger partial charge is 0.481 e. The molecule has 6 heteroatoms. The van der Waals surface area contributed by atoms with Gasteiger partial charge in [-0.25, -0.2) is 0 Å². The van der Waals surface area contributed by atoms with Crippen molar-refractivity contribution in [2.75, 3.05) is 6.54 Å². The molecule has 1 saturated heterocycles. The lowest BCUT2D eigenvalue weighted by molar-refractivity contribution is -0.149. The Labute approximate surface area is 141 Å². The number of likely N-dealkylation sites (tertiary alicyclic amines) is 1.